The number of ether oxygens (including phenoxy) is 1. The van der Waals surface area contributed by atoms with Crippen molar-refractivity contribution >= 4 is 11.9 Å². The second kappa shape index (κ2) is 6.72. The van der Waals surface area contributed by atoms with Crippen LogP contribution in [-0.2, 0) is 9.59 Å². The predicted octanol–water partition coefficient (Wildman–Crippen LogP) is 1.53. The maximum absolute atomic E-state index is 13.3. The first kappa shape index (κ1) is 14.9. The summed E-state index contributed by atoms with van der Waals surface area (Å²) < 4.78 is 18.6. The van der Waals surface area contributed by atoms with Gasteiger partial charge in [0.25, 0.3) is 5.91 Å². The van der Waals surface area contributed by atoms with Crippen molar-refractivity contribution in [3.63, 3.8) is 0 Å². The molecule has 0 radical (unpaired) electrons. The molecule has 1 unspecified atom stereocenters. The van der Waals surface area contributed by atoms with Crippen LogP contribution in [0.15, 0.2) is 24.3 Å². The fourth-order valence-electron chi connectivity index (χ4n) is 1.47. The number of carbonyl (C=O) groups excluding carboxylic acids is 1. The highest BCUT2D eigenvalue weighted by Crippen LogP contribution is 2.17. The number of likely N-dealkylation sites (N-methyl/N-ethyl adjacent to an activating group) is 1. The summed E-state index contributed by atoms with van der Waals surface area (Å²) in [5, 5.41) is 8.54. The van der Waals surface area contributed by atoms with E-state index in [4.69, 9.17) is 9.84 Å². The largest absolute Gasteiger partial charge is 0.481 e. The van der Waals surface area contributed by atoms with Gasteiger partial charge in [0.1, 0.15) is 0 Å². The van der Waals surface area contributed by atoms with Crippen molar-refractivity contribution in [3.8, 4) is 5.75 Å². The van der Waals surface area contributed by atoms with Crippen molar-refractivity contribution in [2.75, 3.05) is 13.6 Å². The minimum Gasteiger partial charge on any atom is -0.481 e. The summed E-state index contributed by atoms with van der Waals surface area (Å²) in [6.07, 6.45) is -1.02. The molecule has 0 aromatic heterocycles. The Morgan fingerprint density at radius 2 is 2.05 bits per heavy atom. The topological polar surface area (TPSA) is 66.8 Å². The van der Waals surface area contributed by atoms with Crippen LogP contribution in [-0.4, -0.2) is 41.6 Å². The van der Waals surface area contributed by atoms with E-state index in [2.05, 4.69) is 0 Å². The molecule has 1 rings (SSSR count). The molecule has 104 valence electrons. The highest BCUT2D eigenvalue weighted by atomic mass is 19.1. The van der Waals surface area contributed by atoms with Gasteiger partial charge in [-0.15, -0.1) is 0 Å². The normalized spacial score (nSPS) is 11.7. The lowest BCUT2D eigenvalue weighted by molar-refractivity contribution is -0.140. The molecule has 0 saturated heterocycles. The quantitative estimate of drug-likeness (QED) is 0.850. The van der Waals surface area contributed by atoms with E-state index in [1.807, 2.05) is 0 Å². The van der Waals surface area contributed by atoms with Gasteiger partial charge in [0.15, 0.2) is 17.7 Å². The Bertz CT molecular complexity index is 464. The molecule has 0 spiro atoms. The fourth-order valence-corrected chi connectivity index (χ4v) is 1.47. The van der Waals surface area contributed by atoms with Gasteiger partial charge < -0.3 is 14.7 Å². The summed E-state index contributed by atoms with van der Waals surface area (Å²) in [6, 6.07) is 5.79. The highest BCUT2D eigenvalue weighted by molar-refractivity contribution is 5.81. The summed E-state index contributed by atoms with van der Waals surface area (Å²) in [7, 11) is 1.48. The van der Waals surface area contributed by atoms with E-state index in [1.54, 1.807) is 6.07 Å². The van der Waals surface area contributed by atoms with Gasteiger partial charge in [-0.25, -0.2) is 4.39 Å². The van der Waals surface area contributed by atoms with Crippen molar-refractivity contribution < 1.29 is 23.8 Å². The number of carboxylic acid groups (broad SMARTS) is 1. The molecule has 0 bridgehead atoms. The minimum absolute atomic E-state index is 0.00464. The third-order valence-corrected chi connectivity index (χ3v) is 2.53. The summed E-state index contributed by atoms with van der Waals surface area (Å²) in [5.41, 5.74) is 0. The van der Waals surface area contributed by atoms with Crippen LogP contribution < -0.4 is 4.74 Å². The monoisotopic (exact) mass is 269 g/mol. The second-order valence-electron chi connectivity index (χ2n) is 4.09. The van der Waals surface area contributed by atoms with Crippen LogP contribution >= 0.6 is 0 Å². The maximum atomic E-state index is 13.3. The fraction of sp³-hybridized carbons (Fsp3) is 0.385. The van der Waals surface area contributed by atoms with Gasteiger partial charge in [0.05, 0.1) is 6.42 Å². The third kappa shape index (κ3) is 4.57. The molecule has 6 heteroatoms. The average molecular weight is 269 g/mol. The smallest absolute Gasteiger partial charge is 0.305 e. The predicted molar refractivity (Wildman–Crippen MR) is 66.4 cm³/mol. The van der Waals surface area contributed by atoms with E-state index < -0.39 is 23.8 Å². The van der Waals surface area contributed by atoms with E-state index in [1.165, 1.54) is 37.1 Å². The van der Waals surface area contributed by atoms with Crippen molar-refractivity contribution in [2.24, 2.45) is 0 Å². The number of rotatable bonds is 6. The molecule has 0 saturated carbocycles. The number of carboxylic acids is 1. The zero-order chi connectivity index (χ0) is 14.4. The Kier molecular flexibility index (Phi) is 5.29. The second-order valence-corrected chi connectivity index (χ2v) is 4.09. The Labute approximate surface area is 110 Å². The van der Waals surface area contributed by atoms with E-state index in [-0.39, 0.29) is 18.7 Å². The first-order valence-corrected chi connectivity index (χ1v) is 5.79. The lowest BCUT2D eigenvalue weighted by Gasteiger charge is -2.21. The van der Waals surface area contributed by atoms with Crippen molar-refractivity contribution in [1.29, 1.82) is 0 Å². The van der Waals surface area contributed by atoms with E-state index in [0.717, 1.165) is 0 Å². The molecule has 19 heavy (non-hydrogen) atoms. The van der Waals surface area contributed by atoms with Crippen molar-refractivity contribution in [3.05, 3.63) is 30.1 Å². The average Bonchev–Trinajstić information content (AvgIpc) is 2.37. The third-order valence-electron chi connectivity index (χ3n) is 2.53. The molecule has 0 aliphatic heterocycles. The number of benzene rings is 1. The zero-order valence-corrected chi connectivity index (χ0v) is 10.8. The van der Waals surface area contributed by atoms with Crippen LogP contribution in [0.1, 0.15) is 13.3 Å². The number of para-hydroxylation sites is 1. The minimum atomic E-state index is -0.984. The summed E-state index contributed by atoms with van der Waals surface area (Å²) in [6.45, 7) is 1.57. The van der Waals surface area contributed by atoms with E-state index in [9.17, 15) is 14.0 Å². The van der Waals surface area contributed by atoms with Crippen LogP contribution in [0.25, 0.3) is 0 Å². The van der Waals surface area contributed by atoms with Gasteiger partial charge in [0.2, 0.25) is 0 Å². The Balaban J connectivity index is 2.57. The van der Waals surface area contributed by atoms with E-state index in [0.29, 0.717) is 0 Å². The van der Waals surface area contributed by atoms with Crippen LogP contribution in [0.4, 0.5) is 4.39 Å². The SMILES string of the molecule is CC(Oc1ccccc1F)C(=O)N(C)CCC(=O)O. The molecule has 1 N–H and O–H groups in total. The molecular weight excluding hydrogens is 253 g/mol. The lowest BCUT2D eigenvalue weighted by atomic mass is 10.3. The van der Waals surface area contributed by atoms with Gasteiger partial charge in [-0.05, 0) is 19.1 Å². The molecule has 0 heterocycles. The van der Waals surface area contributed by atoms with Gasteiger partial charge in [0, 0.05) is 13.6 Å². The molecule has 0 aliphatic rings. The first-order valence-electron chi connectivity index (χ1n) is 5.79. The highest BCUT2D eigenvalue weighted by Gasteiger charge is 2.20. The molecule has 0 aliphatic carbocycles. The molecular formula is C13H16FNO4. The zero-order valence-electron chi connectivity index (χ0n) is 10.8. The summed E-state index contributed by atoms with van der Waals surface area (Å²) in [4.78, 5) is 23.5. The number of nitrogens with zero attached hydrogens (tertiary/aromatic N) is 1. The number of aliphatic carboxylic acids is 1. The maximum Gasteiger partial charge on any atom is 0.305 e. The standard InChI is InChI=1S/C13H16FNO4/c1-9(13(18)15(2)8-7-12(16)17)19-11-6-4-3-5-10(11)14/h3-6,9H,7-8H2,1-2H3,(H,16,17). The summed E-state index contributed by atoms with van der Waals surface area (Å²) in [5.74, 6) is -1.93. The van der Waals surface area contributed by atoms with Gasteiger partial charge in [-0.2, -0.15) is 0 Å². The Morgan fingerprint density at radius 1 is 1.42 bits per heavy atom. The number of halogens is 1. The summed E-state index contributed by atoms with van der Waals surface area (Å²) >= 11 is 0. The number of amides is 1. The van der Waals surface area contributed by atoms with Crippen LogP contribution in [0.5, 0.6) is 5.75 Å². The molecule has 1 atom stereocenters. The van der Waals surface area contributed by atoms with Gasteiger partial charge in [-0.3, -0.25) is 9.59 Å². The first-order chi connectivity index (χ1) is 8.91. The Hall–Kier alpha value is -2.11. The Morgan fingerprint density at radius 3 is 2.63 bits per heavy atom. The molecule has 1 amide bonds. The molecule has 1 aromatic carbocycles. The van der Waals surface area contributed by atoms with Crippen LogP contribution in [0, 0.1) is 5.82 Å². The number of hydrogen-bond donors (Lipinski definition) is 1. The van der Waals surface area contributed by atoms with Gasteiger partial charge >= 0.3 is 5.97 Å². The van der Waals surface area contributed by atoms with Crippen molar-refractivity contribution in [1.82, 2.24) is 4.90 Å². The molecule has 0 fully saturated rings. The van der Waals surface area contributed by atoms with Crippen molar-refractivity contribution in [2.45, 2.75) is 19.4 Å². The number of carbonyl (C=O) groups is 2. The van der Waals surface area contributed by atoms with Gasteiger partial charge in [-0.1, -0.05) is 12.1 Å². The molecule has 1 aromatic rings. The van der Waals surface area contributed by atoms with Crippen LogP contribution in [0.2, 0.25) is 0 Å². The number of hydrogen-bond acceptors (Lipinski definition) is 3. The van der Waals surface area contributed by atoms with Crippen LogP contribution in [0.3, 0.4) is 0 Å². The lowest BCUT2D eigenvalue weighted by Crippen LogP contribution is -2.39. The molecule has 5 nitrogen and oxygen atoms in total. The van der Waals surface area contributed by atoms with E-state index >= 15 is 0 Å².